The lowest BCUT2D eigenvalue weighted by Gasteiger charge is -2.41. The first-order valence-electron chi connectivity index (χ1n) is 13.6. The number of halogens is 2. The molecule has 4 aromatic rings. The number of rotatable bonds is 7. The number of hydrogen-bond donors (Lipinski definition) is 2. The van der Waals surface area contributed by atoms with Gasteiger partial charge in [-0.15, -0.1) is 0 Å². The minimum Gasteiger partial charge on any atom is -0.507 e. The van der Waals surface area contributed by atoms with Crippen LogP contribution in [0.2, 0.25) is 0 Å². The summed E-state index contributed by atoms with van der Waals surface area (Å²) < 4.78 is 57.4. The van der Waals surface area contributed by atoms with Crippen LogP contribution in [-0.4, -0.2) is 76.7 Å². The summed E-state index contributed by atoms with van der Waals surface area (Å²) in [7, 11) is -3.94. The van der Waals surface area contributed by atoms with Crippen LogP contribution in [-0.2, 0) is 19.4 Å². The molecule has 2 amide bonds. The highest BCUT2D eigenvalue weighted by Gasteiger charge is 2.34. The van der Waals surface area contributed by atoms with Gasteiger partial charge in [0.2, 0.25) is 11.8 Å². The molecular formula is C30H28F2N6O6S. The Kier molecular flexibility index (Phi) is 8.14. The first kappa shape index (κ1) is 31.3. The van der Waals surface area contributed by atoms with E-state index in [0.717, 1.165) is 35.1 Å². The molecule has 234 valence electrons. The zero-order chi connectivity index (χ0) is 32.8. The Morgan fingerprint density at radius 1 is 1.13 bits per heavy atom. The third-order valence-corrected chi connectivity index (χ3v) is 8.66. The summed E-state index contributed by atoms with van der Waals surface area (Å²) in [6.07, 6.45) is 1.81. The van der Waals surface area contributed by atoms with E-state index in [1.54, 1.807) is 13.0 Å². The maximum atomic E-state index is 15.9. The molecule has 45 heavy (non-hydrogen) atoms. The number of benzene rings is 2. The van der Waals surface area contributed by atoms with Crippen LogP contribution in [0.5, 0.6) is 5.75 Å². The number of pyridine rings is 1. The molecule has 12 nitrogen and oxygen atoms in total. The number of piperazine rings is 1. The summed E-state index contributed by atoms with van der Waals surface area (Å²) in [6, 6.07) is 7.82. The molecule has 15 heteroatoms. The van der Waals surface area contributed by atoms with Gasteiger partial charge in [0.05, 0.1) is 27.6 Å². The molecule has 0 unspecified atom stereocenters. The van der Waals surface area contributed by atoms with Crippen LogP contribution >= 0.6 is 0 Å². The van der Waals surface area contributed by atoms with Crippen molar-refractivity contribution in [3.8, 4) is 22.7 Å². The molecule has 0 aliphatic carbocycles. The van der Waals surface area contributed by atoms with Crippen molar-refractivity contribution in [2.45, 2.75) is 24.3 Å². The predicted molar refractivity (Wildman–Crippen MR) is 162 cm³/mol. The standard InChI is InChI=1S/C30H28F2N6O6S/c1-4-24(41)36-11-12-37(17(15-36)13-23(33)40)28-18-14-20(32)26(25-19(31)8-6-9-21(25)39)34-29(18)38(30(42)35-28)27-16(2)7-5-10-22(27)45(3,43)44/h4-10,14,17,39H,1,11-13,15H2,2-3H3,(H2,33,40)/t17-/m1/s1. The van der Waals surface area contributed by atoms with Crippen LogP contribution in [0.3, 0.4) is 0 Å². The van der Waals surface area contributed by atoms with Crippen molar-refractivity contribution in [1.82, 2.24) is 19.4 Å². The number of aryl methyl sites for hydroxylation is 1. The van der Waals surface area contributed by atoms with E-state index in [0.29, 0.717) is 5.56 Å². The number of anilines is 1. The Morgan fingerprint density at radius 3 is 2.49 bits per heavy atom. The number of nitrogens with two attached hydrogens (primary N) is 1. The van der Waals surface area contributed by atoms with Gasteiger partial charge < -0.3 is 20.6 Å². The van der Waals surface area contributed by atoms with E-state index in [9.17, 15) is 32.3 Å². The summed E-state index contributed by atoms with van der Waals surface area (Å²) in [5.41, 5.74) is 3.20. The fourth-order valence-electron chi connectivity index (χ4n) is 5.54. The Balaban J connectivity index is 1.88. The molecule has 0 spiro atoms. The van der Waals surface area contributed by atoms with E-state index < -0.39 is 62.0 Å². The number of carbonyl (C=O) groups excluding carboxylic acids is 2. The zero-order valence-electron chi connectivity index (χ0n) is 24.2. The number of phenolic OH excluding ortho intramolecular Hbond substituents is 1. The lowest BCUT2D eigenvalue weighted by molar-refractivity contribution is -0.127. The SMILES string of the molecule is C=CC(=O)N1CCN(c2nc(=O)n(-c3c(C)cccc3S(C)(=O)=O)c3nc(-c4c(O)cccc4F)c(F)cc23)[C@H](CC(N)=O)C1. The highest BCUT2D eigenvalue weighted by Crippen LogP contribution is 2.37. The molecule has 1 atom stereocenters. The van der Waals surface area contributed by atoms with Crippen LogP contribution in [0.25, 0.3) is 28.0 Å². The number of nitrogens with zero attached hydrogens (tertiary/aromatic N) is 5. The molecule has 1 aliphatic heterocycles. The van der Waals surface area contributed by atoms with E-state index in [1.165, 1.54) is 28.0 Å². The van der Waals surface area contributed by atoms with Gasteiger partial charge in [0.25, 0.3) is 0 Å². The first-order chi connectivity index (χ1) is 21.2. The Labute approximate surface area is 256 Å². The number of sulfone groups is 1. The normalized spacial score (nSPS) is 15.3. The Hall–Kier alpha value is -5.18. The van der Waals surface area contributed by atoms with Crippen LogP contribution in [0.15, 0.2) is 64.8 Å². The molecule has 0 radical (unpaired) electrons. The molecule has 5 rings (SSSR count). The summed E-state index contributed by atoms with van der Waals surface area (Å²) in [4.78, 5) is 49.6. The second-order valence-electron chi connectivity index (χ2n) is 10.6. The van der Waals surface area contributed by atoms with E-state index in [2.05, 4.69) is 16.5 Å². The van der Waals surface area contributed by atoms with Crippen LogP contribution in [0.1, 0.15) is 12.0 Å². The predicted octanol–water partition coefficient (Wildman–Crippen LogP) is 2.22. The fraction of sp³-hybridized carbons (Fsp3) is 0.233. The molecule has 1 saturated heterocycles. The minimum absolute atomic E-state index is 0.00678. The van der Waals surface area contributed by atoms with Gasteiger partial charge in [-0.25, -0.2) is 31.5 Å². The largest absolute Gasteiger partial charge is 0.507 e. The van der Waals surface area contributed by atoms with Gasteiger partial charge in [0, 0.05) is 32.3 Å². The Bertz CT molecular complexity index is 2050. The average Bonchev–Trinajstić information content (AvgIpc) is 2.96. The van der Waals surface area contributed by atoms with Crippen molar-refractivity contribution < 1.29 is 31.9 Å². The summed E-state index contributed by atoms with van der Waals surface area (Å²) >= 11 is 0. The summed E-state index contributed by atoms with van der Waals surface area (Å²) in [5, 5.41) is 10.4. The maximum absolute atomic E-state index is 15.9. The van der Waals surface area contributed by atoms with Gasteiger partial charge in [-0.1, -0.05) is 24.8 Å². The molecule has 1 aliphatic rings. The topological polar surface area (TPSA) is 169 Å². The smallest absolute Gasteiger partial charge is 0.355 e. The highest BCUT2D eigenvalue weighted by molar-refractivity contribution is 7.90. The van der Waals surface area contributed by atoms with E-state index in [4.69, 9.17) is 5.73 Å². The van der Waals surface area contributed by atoms with Crippen molar-refractivity contribution >= 4 is 38.5 Å². The summed E-state index contributed by atoms with van der Waals surface area (Å²) in [6.45, 7) is 5.20. The van der Waals surface area contributed by atoms with Gasteiger partial charge in [-0.2, -0.15) is 4.98 Å². The quantitative estimate of drug-likeness (QED) is 0.288. The number of primary amides is 1. The number of aromatic hydroxyl groups is 1. The van der Waals surface area contributed by atoms with Gasteiger partial charge >= 0.3 is 5.69 Å². The second kappa shape index (κ2) is 11.7. The number of hydrogen-bond acceptors (Lipinski definition) is 9. The van der Waals surface area contributed by atoms with Gasteiger partial charge in [0.1, 0.15) is 23.1 Å². The monoisotopic (exact) mass is 638 g/mol. The third-order valence-electron chi connectivity index (χ3n) is 7.53. The second-order valence-corrected chi connectivity index (χ2v) is 12.6. The molecule has 1 fully saturated rings. The number of amides is 2. The lowest BCUT2D eigenvalue weighted by atomic mass is 10.1. The van der Waals surface area contributed by atoms with Crippen molar-refractivity contribution in [2.24, 2.45) is 5.73 Å². The van der Waals surface area contributed by atoms with Crippen molar-refractivity contribution in [1.29, 1.82) is 0 Å². The third kappa shape index (κ3) is 5.73. The number of phenols is 1. The molecule has 3 heterocycles. The van der Waals surface area contributed by atoms with Crippen molar-refractivity contribution in [3.05, 3.63) is 82.8 Å². The molecular weight excluding hydrogens is 610 g/mol. The van der Waals surface area contributed by atoms with Crippen molar-refractivity contribution in [3.63, 3.8) is 0 Å². The van der Waals surface area contributed by atoms with E-state index in [1.807, 2.05) is 0 Å². The van der Waals surface area contributed by atoms with Gasteiger partial charge in [-0.3, -0.25) is 9.59 Å². The maximum Gasteiger partial charge on any atom is 0.355 e. The number of fused-ring (bicyclic) bond motifs is 1. The molecule has 0 bridgehead atoms. The molecule has 0 saturated carbocycles. The van der Waals surface area contributed by atoms with Gasteiger partial charge in [-0.05, 0) is 42.8 Å². The van der Waals surface area contributed by atoms with E-state index >= 15 is 4.39 Å². The lowest BCUT2D eigenvalue weighted by Crippen LogP contribution is -2.56. The number of para-hydroxylation sites is 1. The summed E-state index contributed by atoms with van der Waals surface area (Å²) in [5.74, 6) is -3.94. The molecule has 3 N–H and O–H groups in total. The van der Waals surface area contributed by atoms with Crippen molar-refractivity contribution in [2.75, 3.05) is 30.8 Å². The number of aromatic nitrogens is 3. The molecule has 2 aromatic heterocycles. The zero-order valence-corrected chi connectivity index (χ0v) is 25.0. The van der Waals surface area contributed by atoms with Gasteiger partial charge in [0.15, 0.2) is 21.3 Å². The number of carbonyl (C=O) groups is 2. The first-order valence-corrected chi connectivity index (χ1v) is 15.5. The minimum atomic E-state index is -3.94. The van der Waals surface area contributed by atoms with E-state index in [-0.39, 0.29) is 53.5 Å². The average molecular weight is 639 g/mol. The Morgan fingerprint density at radius 2 is 1.84 bits per heavy atom. The van der Waals surface area contributed by atoms with Crippen LogP contribution in [0.4, 0.5) is 14.6 Å². The molecule has 2 aromatic carbocycles. The van der Waals surface area contributed by atoms with Crippen LogP contribution in [0, 0.1) is 18.6 Å². The van der Waals surface area contributed by atoms with Crippen LogP contribution < -0.4 is 16.3 Å². The highest BCUT2D eigenvalue weighted by atomic mass is 32.2. The fourth-order valence-corrected chi connectivity index (χ4v) is 6.47.